The van der Waals surface area contributed by atoms with Crippen LogP contribution >= 0.6 is 15.9 Å². The highest BCUT2D eigenvalue weighted by molar-refractivity contribution is 9.10. The van der Waals surface area contributed by atoms with Gasteiger partial charge in [-0.15, -0.1) is 0 Å². The van der Waals surface area contributed by atoms with Crippen LogP contribution < -0.4 is 15.8 Å². The molecule has 0 radical (unpaired) electrons. The summed E-state index contributed by atoms with van der Waals surface area (Å²) in [5.41, 5.74) is 6.67. The molecule has 0 saturated heterocycles. The summed E-state index contributed by atoms with van der Waals surface area (Å²) in [5, 5.41) is 3.01. The van der Waals surface area contributed by atoms with Gasteiger partial charge in [0.15, 0.2) is 5.96 Å². The predicted molar refractivity (Wildman–Crippen MR) is 69.9 cm³/mol. The lowest BCUT2D eigenvalue weighted by Gasteiger charge is -2.10. The molecule has 88 valence electrons. The fraction of sp³-hybridized carbons (Fsp3) is 0.364. The summed E-state index contributed by atoms with van der Waals surface area (Å²) in [7, 11) is 3.32. The third kappa shape index (κ3) is 3.41. The molecule has 1 aromatic carbocycles. The standard InChI is InChI=1S/C11H16BrN3O/c1-14-11(13)15-7-6-8-4-3-5-9(12)10(8)16-2/h3-5H,6-7H2,1-2H3,(H3,13,14,15). The van der Waals surface area contributed by atoms with Gasteiger partial charge in [0.05, 0.1) is 11.6 Å². The van der Waals surface area contributed by atoms with Crippen LogP contribution in [-0.4, -0.2) is 26.7 Å². The Bertz CT molecular complexity index is 379. The first-order valence-corrected chi connectivity index (χ1v) is 5.75. The Morgan fingerprint density at radius 3 is 2.94 bits per heavy atom. The van der Waals surface area contributed by atoms with Crippen molar-refractivity contribution in [2.45, 2.75) is 6.42 Å². The fourth-order valence-corrected chi connectivity index (χ4v) is 1.95. The van der Waals surface area contributed by atoms with Crippen molar-refractivity contribution in [1.82, 2.24) is 5.32 Å². The average Bonchev–Trinajstić information content (AvgIpc) is 2.29. The van der Waals surface area contributed by atoms with Gasteiger partial charge in [-0.2, -0.15) is 0 Å². The summed E-state index contributed by atoms with van der Waals surface area (Å²) < 4.78 is 6.29. The van der Waals surface area contributed by atoms with Gasteiger partial charge in [0.25, 0.3) is 0 Å². The SMILES string of the molecule is CN=C(N)NCCc1cccc(Br)c1OC. The number of nitrogens with zero attached hydrogens (tertiary/aromatic N) is 1. The van der Waals surface area contributed by atoms with Gasteiger partial charge in [-0.05, 0) is 34.0 Å². The second kappa shape index (κ2) is 6.37. The van der Waals surface area contributed by atoms with E-state index in [-0.39, 0.29) is 0 Å². The van der Waals surface area contributed by atoms with Gasteiger partial charge in [-0.3, -0.25) is 4.99 Å². The Labute approximate surface area is 104 Å². The smallest absolute Gasteiger partial charge is 0.188 e. The second-order valence-corrected chi connectivity index (χ2v) is 4.07. The van der Waals surface area contributed by atoms with E-state index >= 15 is 0 Å². The number of hydrogen-bond acceptors (Lipinski definition) is 2. The van der Waals surface area contributed by atoms with E-state index in [1.54, 1.807) is 14.2 Å². The highest BCUT2D eigenvalue weighted by Gasteiger charge is 2.06. The first-order valence-electron chi connectivity index (χ1n) is 4.96. The van der Waals surface area contributed by atoms with E-state index < -0.39 is 0 Å². The molecule has 5 heteroatoms. The molecule has 0 aliphatic heterocycles. The number of ether oxygens (including phenoxy) is 1. The van der Waals surface area contributed by atoms with Gasteiger partial charge in [-0.25, -0.2) is 0 Å². The van der Waals surface area contributed by atoms with Crippen molar-refractivity contribution in [3.63, 3.8) is 0 Å². The zero-order chi connectivity index (χ0) is 12.0. The highest BCUT2D eigenvalue weighted by atomic mass is 79.9. The maximum Gasteiger partial charge on any atom is 0.188 e. The zero-order valence-corrected chi connectivity index (χ0v) is 11.0. The van der Waals surface area contributed by atoms with Crippen molar-refractivity contribution < 1.29 is 4.74 Å². The first kappa shape index (κ1) is 12.8. The highest BCUT2D eigenvalue weighted by Crippen LogP contribution is 2.28. The van der Waals surface area contributed by atoms with Gasteiger partial charge < -0.3 is 15.8 Å². The predicted octanol–water partition coefficient (Wildman–Crippen LogP) is 1.53. The van der Waals surface area contributed by atoms with Crippen LogP contribution in [0.5, 0.6) is 5.75 Å². The van der Waals surface area contributed by atoms with Crippen molar-refractivity contribution in [2.24, 2.45) is 10.7 Å². The topological polar surface area (TPSA) is 59.6 Å². The number of rotatable bonds is 4. The summed E-state index contributed by atoms with van der Waals surface area (Å²) in [4.78, 5) is 3.82. The number of guanidine groups is 1. The summed E-state index contributed by atoms with van der Waals surface area (Å²) in [5.74, 6) is 1.32. The van der Waals surface area contributed by atoms with Crippen molar-refractivity contribution in [1.29, 1.82) is 0 Å². The summed E-state index contributed by atoms with van der Waals surface area (Å²) in [6.45, 7) is 0.732. The molecular weight excluding hydrogens is 270 g/mol. The molecule has 0 fully saturated rings. The molecule has 0 saturated carbocycles. The largest absolute Gasteiger partial charge is 0.495 e. The first-order chi connectivity index (χ1) is 7.69. The number of benzene rings is 1. The zero-order valence-electron chi connectivity index (χ0n) is 9.46. The number of aliphatic imine (C=N–C) groups is 1. The molecule has 4 nitrogen and oxygen atoms in total. The van der Waals surface area contributed by atoms with E-state index in [1.807, 2.05) is 18.2 Å². The Kier molecular flexibility index (Phi) is 5.11. The van der Waals surface area contributed by atoms with E-state index in [0.29, 0.717) is 5.96 Å². The number of para-hydroxylation sites is 1. The molecule has 0 amide bonds. The normalized spacial score (nSPS) is 11.3. The Morgan fingerprint density at radius 2 is 2.31 bits per heavy atom. The molecule has 0 aliphatic carbocycles. The van der Waals surface area contributed by atoms with Gasteiger partial charge in [0.1, 0.15) is 5.75 Å². The van der Waals surface area contributed by atoms with Gasteiger partial charge in [0, 0.05) is 13.6 Å². The summed E-state index contributed by atoms with van der Waals surface area (Å²) >= 11 is 3.45. The summed E-state index contributed by atoms with van der Waals surface area (Å²) in [6, 6.07) is 5.97. The number of nitrogens with two attached hydrogens (primary N) is 1. The molecule has 3 N–H and O–H groups in total. The van der Waals surface area contributed by atoms with E-state index in [9.17, 15) is 0 Å². The van der Waals surface area contributed by atoms with E-state index in [4.69, 9.17) is 10.5 Å². The van der Waals surface area contributed by atoms with Crippen LogP contribution in [0.4, 0.5) is 0 Å². The average molecular weight is 286 g/mol. The van der Waals surface area contributed by atoms with Crippen molar-refractivity contribution in [3.05, 3.63) is 28.2 Å². The molecule has 1 rings (SSSR count). The van der Waals surface area contributed by atoms with Gasteiger partial charge in [-0.1, -0.05) is 12.1 Å². The van der Waals surface area contributed by atoms with Crippen LogP contribution in [-0.2, 0) is 6.42 Å². The molecule has 0 atom stereocenters. The third-order valence-electron chi connectivity index (χ3n) is 2.19. The maximum atomic E-state index is 5.54. The van der Waals surface area contributed by atoms with E-state index in [0.717, 1.165) is 28.8 Å². The number of hydrogen-bond donors (Lipinski definition) is 2. The van der Waals surface area contributed by atoms with Crippen molar-refractivity contribution in [3.8, 4) is 5.75 Å². The van der Waals surface area contributed by atoms with Crippen LogP contribution in [0.15, 0.2) is 27.7 Å². The van der Waals surface area contributed by atoms with Crippen LogP contribution in [0.3, 0.4) is 0 Å². The Balaban J connectivity index is 2.63. The number of nitrogens with one attached hydrogen (secondary N) is 1. The molecule has 1 aromatic rings. The quantitative estimate of drug-likeness (QED) is 0.652. The number of methoxy groups -OCH3 is 1. The van der Waals surface area contributed by atoms with E-state index in [2.05, 4.69) is 26.2 Å². The second-order valence-electron chi connectivity index (χ2n) is 3.22. The molecule has 0 unspecified atom stereocenters. The lowest BCUT2D eigenvalue weighted by molar-refractivity contribution is 0.407. The van der Waals surface area contributed by atoms with Crippen LogP contribution in [0.1, 0.15) is 5.56 Å². The van der Waals surface area contributed by atoms with Crippen LogP contribution in [0.2, 0.25) is 0 Å². The van der Waals surface area contributed by atoms with E-state index in [1.165, 1.54) is 0 Å². The molecule has 16 heavy (non-hydrogen) atoms. The van der Waals surface area contributed by atoms with Gasteiger partial charge in [0.2, 0.25) is 0 Å². The molecule has 0 aliphatic rings. The minimum absolute atomic E-state index is 0.453. The third-order valence-corrected chi connectivity index (χ3v) is 2.82. The minimum Gasteiger partial charge on any atom is -0.495 e. The molecule has 0 bridgehead atoms. The van der Waals surface area contributed by atoms with Crippen LogP contribution in [0.25, 0.3) is 0 Å². The van der Waals surface area contributed by atoms with Crippen molar-refractivity contribution >= 4 is 21.9 Å². The van der Waals surface area contributed by atoms with Crippen molar-refractivity contribution in [2.75, 3.05) is 20.7 Å². The maximum absolute atomic E-state index is 5.54. The molecule has 0 aromatic heterocycles. The molecule has 0 spiro atoms. The number of halogens is 1. The summed E-state index contributed by atoms with van der Waals surface area (Å²) in [6.07, 6.45) is 0.832. The lowest BCUT2D eigenvalue weighted by atomic mass is 10.1. The Hall–Kier alpha value is -1.23. The Morgan fingerprint density at radius 1 is 1.56 bits per heavy atom. The fourth-order valence-electron chi connectivity index (χ4n) is 1.38. The van der Waals surface area contributed by atoms with Gasteiger partial charge >= 0.3 is 0 Å². The molecule has 0 heterocycles. The lowest BCUT2D eigenvalue weighted by Crippen LogP contribution is -2.32. The minimum atomic E-state index is 0.453. The monoisotopic (exact) mass is 285 g/mol. The molecular formula is C11H16BrN3O. The van der Waals surface area contributed by atoms with Crippen LogP contribution in [0, 0.1) is 0 Å².